The molecule has 4 atom stereocenters. The Morgan fingerprint density at radius 2 is 2.12 bits per heavy atom. The smallest absolute Gasteiger partial charge is 0.223 e. The molecule has 2 rings (SSSR count). The molecule has 16 heavy (non-hydrogen) atoms. The summed E-state index contributed by atoms with van der Waals surface area (Å²) in [6.45, 7) is 2.20. The second kappa shape index (κ2) is 5.87. The van der Waals surface area contributed by atoms with E-state index < -0.39 is 0 Å². The molecule has 3 N–H and O–H groups in total. The molecule has 3 nitrogen and oxygen atoms in total. The zero-order valence-electron chi connectivity index (χ0n) is 9.95. The molecule has 0 heterocycles. The van der Waals surface area contributed by atoms with Gasteiger partial charge in [0, 0.05) is 18.0 Å². The minimum absolute atomic E-state index is 0. The highest BCUT2D eigenvalue weighted by atomic mass is 35.5. The zero-order chi connectivity index (χ0) is 10.8. The number of rotatable bonds is 4. The van der Waals surface area contributed by atoms with E-state index in [0.717, 1.165) is 25.2 Å². The molecule has 0 aromatic carbocycles. The largest absolute Gasteiger partial charge is 0.353 e. The second-order valence-corrected chi connectivity index (χ2v) is 5.17. The van der Waals surface area contributed by atoms with E-state index in [4.69, 9.17) is 5.73 Å². The van der Waals surface area contributed by atoms with E-state index >= 15 is 0 Å². The van der Waals surface area contributed by atoms with E-state index in [1.807, 2.05) is 0 Å². The first kappa shape index (κ1) is 13.8. The highest BCUT2D eigenvalue weighted by Crippen LogP contribution is 2.35. The first-order valence-corrected chi connectivity index (χ1v) is 6.26. The van der Waals surface area contributed by atoms with Gasteiger partial charge >= 0.3 is 0 Å². The Bertz CT molecular complexity index is 247. The molecule has 4 unspecified atom stereocenters. The van der Waals surface area contributed by atoms with Gasteiger partial charge in [-0.3, -0.25) is 4.79 Å². The lowest BCUT2D eigenvalue weighted by molar-refractivity contribution is -0.125. The van der Waals surface area contributed by atoms with Gasteiger partial charge in [-0.15, -0.1) is 12.4 Å². The van der Waals surface area contributed by atoms with Crippen molar-refractivity contribution in [3.8, 4) is 0 Å². The number of amides is 1. The van der Waals surface area contributed by atoms with E-state index in [2.05, 4.69) is 12.2 Å². The van der Waals surface area contributed by atoms with Gasteiger partial charge in [0.05, 0.1) is 0 Å². The van der Waals surface area contributed by atoms with Gasteiger partial charge in [0.25, 0.3) is 0 Å². The van der Waals surface area contributed by atoms with Gasteiger partial charge in [-0.1, -0.05) is 13.3 Å². The van der Waals surface area contributed by atoms with E-state index in [1.165, 1.54) is 19.3 Å². The quantitative estimate of drug-likeness (QED) is 0.795. The molecule has 2 saturated carbocycles. The molecule has 0 spiro atoms. The van der Waals surface area contributed by atoms with Crippen LogP contribution in [0.5, 0.6) is 0 Å². The normalized spacial score (nSPS) is 36.6. The number of halogens is 1. The van der Waals surface area contributed by atoms with Gasteiger partial charge in [0.2, 0.25) is 5.91 Å². The highest BCUT2D eigenvalue weighted by Gasteiger charge is 2.39. The molecule has 0 aliphatic heterocycles. The van der Waals surface area contributed by atoms with Gasteiger partial charge in [-0.2, -0.15) is 0 Å². The summed E-state index contributed by atoms with van der Waals surface area (Å²) in [6, 6.07) is 0.737. The van der Waals surface area contributed by atoms with Gasteiger partial charge in [0.1, 0.15) is 0 Å². The number of nitrogens with one attached hydrogen (secondary N) is 1. The molecule has 0 radical (unpaired) electrons. The Morgan fingerprint density at radius 3 is 2.69 bits per heavy atom. The monoisotopic (exact) mass is 246 g/mol. The molecule has 94 valence electrons. The molecule has 0 aromatic rings. The maximum atomic E-state index is 11.8. The Hall–Kier alpha value is -0.280. The molecule has 2 aliphatic carbocycles. The van der Waals surface area contributed by atoms with Crippen molar-refractivity contribution in [1.82, 2.24) is 5.32 Å². The van der Waals surface area contributed by atoms with E-state index in [-0.39, 0.29) is 30.3 Å². The Labute approximate surface area is 104 Å². The van der Waals surface area contributed by atoms with Crippen molar-refractivity contribution in [3.05, 3.63) is 0 Å². The van der Waals surface area contributed by atoms with Crippen LogP contribution in [0, 0.1) is 11.8 Å². The van der Waals surface area contributed by atoms with Crippen molar-refractivity contribution in [2.75, 3.05) is 0 Å². The number of carbonyl (C=O) groups excluding carboxylic acids is 1. The average molecular weight is 247 g/mol. The van der Waals surface area contributed by atoms with Crippen molar-refractivity contribution in [2.45, 2.75) is 57.5 Å². The maximum Gasteiger partial charge on any atom is 0.223 e. The van der Waals surface area contributed by atoms with Crippen LogP contribution in [0.3, 0.4) is 0 Å². The van der Waals surface area contributed by atoms with Crippen molar-refractivity contribution < 1.29 is 4.79 Å². The fraction of sp³-hybridized carbons (Fsp3) is 0.917. The molecular formula is C12H23ClN2O. The van der Waals surface area contributed by atoms with Gasteiger partial charge in [-0.05, 0) is 38.0 Å². The maximum absolute atomic E-state index is 11.8. The molecule has 4 heteroatoms. The summed E-state index contributed by atoms with van der Waals surface area (Å²) in [5.74, 6) is 1.21. The highest BCUT2D eigenvalue weighted by molar-refractivity contribution is 5.85. The number of nitrogens with two attached hydrogens (primary N) is 1. The van der Waals surface area contributed by atoms with Crippen LogP contribution < -0.4 is 11.1 Å². The van der Waals surface area contributed by atoms with E-state index in [9.17, 15) is 4.79 Å². The molecule has 0 saturated heterocycles. The van der Waals surface area contributed by atoms with Crippen molar-refractivity contribution in [1.29, 1.82) is 0 Å². The van der Waals surface area contributed by atoms with Crippen molar-refractivity contribution in [2.24, 2.45) is 17.6 Å². The van der Waals surface area contributed by atoms with Crippen LogP contribution in [0.15, 0.2) is 0 Å². The first-order chi connectivity index (χ1) is 7.20. The number of hydrogen-bond acceptors (Lipinski definition) is 2. The van der Waals surface area contributed by atoms with Gasteiger partial charge in [0.15, 0.2) is 0 Å². The summed E-state index contributed by atoms with van der Waals surface area (Å²) < 4.78 is 0. The van der Waals surface area contributed by atoms with E-state index in [1.54, 1.807) is 0 Å². The van der Waals surface area contributed by atoms with Crippen LogP contribution in [-0.4, -0.2) is 18.0 Å². The van der Waals surface area contributed by atoms with Crippen molar-refractivity contribution >= 4 is 18.3 Å². The summed E-state index contributed by atoms with van der Waals surface area (Å²) in [5, 5.41) is 3.16. The van der Waals surface area contributed by atoms with Crippen LogP contribution in [0.1, 0.15) is 45.4 Å². The Morgan fingerprint density at radius 1 is 1.38 bits per heavy atom. The molecule has 0 aromatic heterocycles. The fourth-order valence-electron chi connectivity index (χ4n) is 2.67. The molecule has 1 amide bonds. The first-order valence-electron chi connectivity index (χ1n) is 6.26. The zero-order valence-corrected chi connectivity index (χ0v) is 10.8. The molecular weight excluding hydrogens is 224 g/mol. The Balaban J connectivity index is 0.00000128. The standard InChI is InChI=1S/C12H22N2O.ClH/c1-2-3-8-7-11(8)14-12(15)9-4-5-10(13)6-9;/h8-11H,2-7,13H2,1H3,(H,14,15);1H. The number of carbonyl (C=O) groups is 1. The summed E-state index contributed by atoms with van der Waals surface area (Å²) in [4.78, 5) is 11.8. The van der Waals surface area contributed by atoms with Crippen LogP contribution in [0.2, 0.25) is 0 Å². The van der Waals surface area contributed by atoms with Gasteiger partial charge in [-0.25, -0.2) is 0 Å². The van der Waals surface area contributed by atoms with Crippen molar-refractivity contribution in [3.63, 3.8) is 0 Å². The predicted octanol–water partition coefficient (Wildman–Crippen LogP) is 1.84. The lowest BCUT2D eigenvalue weighted by Gasteiger charge is -2.10. The SMILES string of the molecule is CCCC1CC1NC(=O)C1CCC(N)C1.Cl. The lowest BCUT2D eigenvalue weighted by Crippen LogP contribution is -2.32. The predicted molar refractivity (Wildman–Crippen MR) is 67.5 cm³/mol. The second-order valence-electron chi connectivity index (χ2n) is 5.17. The lowest BCUT2D eigenvalue weighted by atomic mass is 10.1. The third-order valence-electron chi connectivity index (χ3n) is 3.75. The van der Waals surface area contributed by atoms with Crippen LogP contribution in [0.25, 0.3) is 0 Å². The minimum atomic E-state index is 0. The topological polar surface area (TPSA) is 55.1 Å². The van der Waals surface area contributed by atoms with E-state index in [0.29, 0.717) is 6.04 Å². The van der Waals surface area contributed by atoms with Crippen LogP contribution >= 0.6 is 12.4 Å². The summed E-state index contributed by atoms with van der Waals surface area (Å²) in [7, 11) is 0. The third-order valence-corrected chi connectivity index (χ3v) is 3.75. The molecule has 2 fully saturated rings. The van der Waals surface area contributed by atoms with Crippen LogP contribution in [0.4, 0.5) is 0 Å². The average Bonchev–Trinajstić information content (AvgIpc) is 2.76. The summed E-state index contributed by atoms with van der Waals surface area (Å²) in [5.41, 5.74) is 5.80. The van der Waals surface area contributed by atoms with Crippen LogP contribution in [-0.2, 0) is 4.79 Å². The summed E-state index contributed by atoms with van der Waals surface area (Å²) in [6.07, 6.45) is 6.56. The molecule has 0 bridgehead atoms. The third kappa shape index (κ3) is 3.36. The molecule has 2 aliphatic rings. The fourth-order valence-corrected chi connectivity index (χ4v) is 2.67. The van der Waals surface area contributed by atoms with Gasteiger partial charge < -0.3 is 11.1 Å². The number of hydrogen-bond donors (Lipinski definition) is 2. The summed E-state index contributed by atoms with van der Waals surface area (Å²) >= 11 is 0. The minimum Gasteiger partial charge on any atom is -0.353 e. The Kier molecular flexibility index (Phi) is 5.06.